The Kier molecular flexibility index (Phi) is 5.18. The molecule has 128 valence electrons. The number of hydrogen-bond acceptors (Lipinski definition) is 4. The normalized spacial score (nSPS) is 10.6. The van der Waals surface area contributed by atoms with Gasteiger partial charge in [-0.1, -0.05) is 19.1 Å². The van der Waals surface area contributed by atoms with Crippen LogP contribution in [-0.2, 0) is 12.8 Å². The summed E-state index contributed by atoms with van der Waals surface area (Å²) in [6, 6.07) is 11.5. The van der Waals surface area contributed by atoms with Gasteiger partial charge in [-0.25, -0.2) is 9.67 Å². The first kappa shape index (κ1) is 16.8. The van der Waals surface area contributed by atoms with Gasteiger partial charge >= 0.3 is 0 Å². The Bertz CT molecular complexity index is 830. The lowest BCUT2D eigenvalue weighted by atomic mass is 10.1. The van der Waals surface area contributed by atoms with Gasteiger partial charge in [0.25, 0.3) is 5.91 Å². The van der Waals surface area contributed by atoms with Gasteiger partial charge in [-0.15, -0.1) is 0 Å². The number of rotatable bonds is 6. The molecule has 6 heteroatoms. The van der Waals surface area contributed by atoms with E-state index in [0.717, 1.165) is 23.6 Å². The number of nitrogens with zero attached hydrogens (tertiary/aromatic N) is 5. The Hall–Kier alpha value is -3.02. The maximum absolute atomic E-state index is 12.8. The smallest absolute Gasteiger partial charge is 0.257 e. The van der Waals surface area contributed by atoms with Crippen molar-refractivity contribution in [2.75, 3.05) is 13.6 Å². The van der Waals surface area contributed by atoms with Crippen molar-refractivity contribution in [3.63, 3.8) is 0 Å². The van der Waals surface area contributed by atoms with E-state index < -0.39 is 0 Å². The van der Waals surface area contributed by atoms with E-state index in [4.69, 9.17) is 0 Å². The predicted molar refractivity (Wildman–Crippen MR) is 95.6 cm³/mol. The van der Waals surface area contributed by atoms with Crippen LogP contribution in [0.2, 0.25) is 0 Å². The molecule has 0 N–H and O–H groups in total. The van der Waals surface area contributed by atoms with Gasteiger partial charge in [-0.05, 0) is 30.7 Å². The molecule has 3 aromatic heterocycles. The second-order valence-electron chi connectivity index (χ2n) is 5.76. The van der Waals surface area contributed by atoms with Crippen LogP contribution >= 0.6 is 0 Å². The van der Waals surface area contributed by atoms with E-state index in [2.05, 4.69) is 15.1 Å². The molecule has 0 bridgehead atoms. The van der Waals surface area contributed by atoms with E-state index in [9.17, 15) is 4.79 Å². The van der Waals surface area contributed by atoms with Gasteiger partial charge in [-0.3, -0.25) is 9.78 Å². The van der Waals surface area contributed by atoms with E-state index in [0.29, 0.717) is 18.5 Å². The zero-order valence-corrected chi connectivity index (χ0v) is 14.5. The van der Waals surface area contributed by atoms with Gasteiger partial charge in [0.15, 0.2) is 5.82 Å². The van der Waals surface area contributed by atoms with Crippen LogP contribution in [-0.4, -0.2) is 44.1 Å². The largest absolute Gasteiger partial charge is 0.341 e. The minimum atomic E-state index is -0.0324. The van der Waals surface area contributed by atoms with Gasteiger partial charge in [0, 0.05) is 38.1 Å². The van der Waals surface area contributed by atoms with Crippen molar-refractivity contribution >= 4 is 5.91 Å². The molecule has 0 saturated carbocycles. The maximum Gasteiger partial charge on any atom is 0.257 e. The summed E-state index contributed by atoms with van der Waals surface area (Å²) in [6.45, 7) is 2.62. The fraction of sp³-hybridized carbons (Fsp3) is 0.263. The van der Waals surface area contributed by atoms with Crippen LogP contribution < -0.4 is 0 Å². The van der Waals surface area contributed by atoms with Crippen LogP contribution in [0.15, 0.2) is 55.0 Å². The summed E-state index contributed by atoms with van der Waals surface area (Å²) >= 11 is 0. The molecule has 0 atom stereocenters. The third-order valence-corrected chi connectivity index (χ3v) is 4.08. The Morgan fingerprint density at radius 1 is 1.12 bits per heavy atom. The standard InChI is InChI=1S/C19H21N5O/c1-3-17-16(14-22-24(17)18-9-5-7-12-21-18)19(25)23(2)13-10-15-8-4-6-11-20-15/h4-9,11-12,14H,3,10,13H2,1-2H3. The van der Waals surface area contributed by atoms with Crippen molar-refractivity contribution in [2.24, 2.45) is 0 Å². The SMILES string of the molecule is CCc1c(C(=O)N(C)CCc2ccccn2)cnn1-c1ccccn1. The summed E-state index contributed by atoms with van der Waals surface area (Å²) in [5.41, 5.74) is 2.46. The fourth-order valence-electron chi connectivity index (χ4n) is 2.70. The molecular formula is C19H21N5O. The highest BCUT2D eigenvalue weighted by Gasteiger charge is 2.20. The molecule has 0 unspecified atom stereocenters. The maximum atomic E-state index is 12.8. The molecule has 3 aromatic rings. The number of amides is 1. The van der Waals surface area contributed by atoms with Gasteiger partial charge in [0.05, 0.1) is 17.5 Å². The quantitative estimate of drug-likeness (QED) is 0.694. The number of hydrogen-bond donors (Lipinski definition) is 0. The molecule has 1 amide bonds. The molecule has 0 aliphatic carbocycles. The summed E-state index contributed by atoms with van der Waals surface area (Å²) in [4.78, 5) is 23.2. The van der Waals surface area contributed by atoms with Crippen LogP contribution in [0.4, 0.5) is 0 Å². The third kappa shape index (κ3) is 3.74. The monoisotopic (exact) mass is 335 g/mol. The van der Waals surface area contributed by atoms with E-state index in [1.54, 1.807) is 28.2 Å². The lowest BCUT2D eigenvalue weighted by molar-refractivity contribution is 0.0795. The third-order valence-electron chi connectivity index (χ3n) is 4.08. The van der Waals surface area contributed by atoms with Crippen LogP contribution in [0.25, 0.3) is 5.82 Å². The second-order valence-corrected chi connectivity index (χ2v) is 5.76. The molecule has 0 aliphatic heterocycles. The lowest BCUT2D eigenvalue weighted by Gasteiger charge is -2.17. The van der Waals surface area contributed by atoms with Crippen LogP contribution in [0, 0.1) is 0 Å². The first-order valence-electron chi connectivity index (χ1n) is 8.34. The molecule has 0 fully saturated rings. The van der Waals surface area contributed by atoms with E-state index >= 15 is 0 Å². The molecule has 0 saturated heterocycles. The zero-order valence-electron chi connectivity index (χ0n) is 14.5. The molecule has 0 radical (unpaired) electrons. The molecule has 3 rings (SSSR count). The molecule has 3 heterocycles. The van der Waals surface area contributed by atoms with Crippen molar-refractivity contribution in [2.45, 2.75) is 19.8 Å². The zero-order chi connectivity index (χ0) is 17.6. The van der Waals surface area contributed by atoms with Gasteiger partial charge in [0.2, 0.25) is 0 Å². The summed E-state index contributed by atoms with van der Waals surface area (Å²) < 4.78 is 1.74. The highest BCUT2D eigenvalue weighted by Crippen LogP contribution is 2.16. The van der Waals surface area contributed by atoms with Gasteiger partial charge in [0.1, 0.15) is 0 Å². The fourth-order valence-corrected chi connectivity index (χ4v) is 2.70. The van der Waals surface area contributed by atoms with Crippen LogP contribution in [0.3, 0.4) is 0 Å². The average Bonchev–Trinajstić information content (AvgIpc) is 3.11. The molecule has 6 nitrogen and oxygen atoms in total. The summed E-state index contributed by atoms with van der Waals surface area (Å²) in [7, 11) is 1.81. The Balaban J connectivity index is 1.76. The topological polar surface area (TPSA) is 63.9 Å². The number of carbonyl (C=O) groups excluding carboxylic acids is 1. The van der Waals surface area contributed by atoms with E-state index in [1.165, 1.54) is 0 Å². The van der Waals surface area contributed by atoms with Crippen molar-refractivity contribution in [3.8, 4) is 5.82 Å². The van der Waals surface area contributed by atoms with Crippen LogP contribution in [0.5, 0.6) is 0 Å². The molecule has 25 heavy (non-hydrogen) atoms. The highest BCUT2D eigenvalue weighted by atomic mass is 16.2. The summed E-state index contributed by atoms with van der Waals surface area (Å²) in [5.74, 6) is 0.685. The minimum absolute atomic E-state index is 0.0324. The van der Waals surface area contributed by atoms with Gasteiger partial charge < -0.3 is 4.90 Å². The number of pyridine rings is 2. The molecule has 0 aliphatic rings. The summed E-state index contributed by atoms with van der Waals surface area (Å²) in [5, 5.41) is 4.37. The molecular weight excluding hydrogens is 314 g/mol. The first-order valence-corrected chi connectivity index (χ1v) is 8.34. The Morgan fingerprint density at radius 3 is 2.52 bits per heavy atom. The average molecular weight is 335 g/mol. The highest BCUT2D eigenvalue weighted by molar-refractivity contribution is 5.95. The molecule has 0 spiro atoms. The number of likely N-dealkylation sites (N-methyl/N-ethyl adjacent to an activating group) is 1. The lowest BCUT2D eigenvalue weighted by Crippen LogP contribution is -2.29. The summed E-state index contributed by atoms with van der Waals surface area (Å²) in [6.07, 6.45) is 6.54. The Labute approximate surface area is 147 Å². The number of aromatic nitrogens is 4. The molecule has 0 aromatic carbocycles. The minimum Gasteiger partial charge on any atom is -0.341 e. The number of carbonyl (C=O) groups is 1. The second kappa shape index (κ2) is 7.70. The first-order chi connectivity index (χ1) is 12.2. The Morgan fingerprint density at radius 2 is 1.88 bits per heavy atom. The van der Waals surface area contributed by atoms with Crippen molar-refractivity contribution < 1.29 is 4.79 Å². The van der Waals surface area contributed by atoms with Crippen LogP contribution in [0.1, 0.15) is 28.7 Å². The van der Waals surface area contributed by atoms with E-state index in [-0.39, 0.29) is 5.91 Å². The van der Waals surface area contributed by atoms with Crippen molar-refractivity contribution in [1.82, 2.24) is 24.6 Å². The van der Waals surface area contributed by atoms with Crippen molar-refractivity contribution in [3.05, 3.63) is 71.9 Å². The van der Waals surface area contributed by atoms with Gasteiger partial charge in [-0.2, -0.15) is 5.10 Å². The van der Waals surface area contributed by atoms with E-state index in [1.807, 2.05) is 50.4 Å². The van der Waals surface area contributed by atoms with Crippen molar-refractivity contribution in [1.29, 1.82) is 0 Å². The predicted octanol–water partition coefficient (Wildman–Crippen LogP) is 2.54.